The van der Waals surface area contributed by atoms with Crippen molar-refractivity contribution in [1.29, 1.82) is 0 Å². The van der Waals surface area contributed by atoms with Crippen molar-refractivity contribution in [2.75, 3.05) is 34.3 Å². The summed E-state index contributed by atoms with van der Waals surface area (Å²) in [5, 5.41) is 7.45. The van der Waals surface area contributed by atoms with Gasteiger partial charge in [-0.15, -0.1) is 35.3 Å². The quantitative estimate of drug-likeness (QED) is 0.320. The van der Waals surface area contributed by atoms with E-state index in [-0.39, 0.29) is 36.4 Å². The first kappa shape index (κ1) is 24.2. The first-order valence-corrected chi connectivity index (χ1v) is 9.56. The van der Waals surface area contributed by atoms with E-state index in [1.54, 1.807) is 37.4 Å². The summed E-state index contributed by atoms with van der Waals surface area (Å²) in [5.74, 6) is 1.41. The van der Waals surface area contributed by atoms with Crippen LogP contribution in [0.4, 0.5) is 0 Å². The second-order valence-electron chi connectivity index (χ2n) is 6.20. The maximum absolute atomic E-state index is 11.8. The number of benzene rings is 1. The summed E-state index contributed by atoms with van der Waals surface area (Å²) < 4.78 is 5.17. The number of amides is 1. The van der Waals surface area contributed by atoms with Crippen LogP contribution in [0, 0.1) is 6.92 Å². The van der Waals surface area contributed by atoms with Gasteiger partial charge in [-0.25, -0.2) is 9.98 Å². The van der Waals surface area contributed by atoms with Crippen LogP contribution >= 0.6 is 35.3 Å². The molecule has 1 heterocycles. The van der Waals surface area contributed by atoms with Crippen LogP contribution in [0.15, 0.2) is 35.5 Å². The summed E-state index contributed by atoms with van der Waals surface area (Å²) in [6.07, 6.45) is 2.69. The molecule has 0 aliphatic heterocycles. The molecule has 1 aromatic carbocycles. The molecule has 2 rings (SSSR count). The van der Waals surface area contributed by atoms with E-state index in [2.05, 4.69) is 20.6 Å². The molecule has 9 heteroatoms. The standard InChI is InChI=1S/C19H27N5O2S.HI/c1-14-11-21-17(27-14)9-10-20-19(23-13-18(25)24(2)3)22-12-15-5-7-16(26-4)8-6-15;/h5-8,11H,9-10,12-13H2,1-4H3,(H2,20,22,23);1H. The Balaban J connectivity index is 0.00000392. The predicted octanol–water partition coefficient (Wildman–Crippen LogP) is 2.44. The highest BCUT2D eigenvalue weighted by Gasteiger charge is 2.06. The van der Waals surface area contributed by atoms with E-state index >= 15 is 0 Å². The maximum atomic E-state index is 11.8. The minimum absolute atomic E-state index is 0. The number of rotatable bonds is 8. The molecule has 0 atom stereocenters. The Morgan fingerprint density at radius 2 is 1.96 bits per heavy atom. The SMILES string of the molecule is COc1ccc(CN=C(NCCc2ncc(C)s2)NCC(=O)N(C)C)cc1.I. The average Bonchev–Trinajstić information content (AvgIpc) is 3.08. The van der Waals surface area contributed by atoms with Crippen molar-refractivity contribution in [3.05, 3.63) is 45.9 Å². The molecule has 1 amide bonds. The molecule has 0 radical (unpaired) electrons. The fourth-order valence-electron chi connectivity index (χ4n) is 2.20. The Bertz CT molecular complexity index is 762. The number of carbonyl (C=O) groups is 1. The van der Waals surface area contributed by atoms with Crippen LogP contribution in [-0.4, -0.2) is 56.0 Å². The van der Waals surface area contributed by atoms with Crippen molar-refractivity contribution in [3.63, 3.8) is 0 Å². The summed E-state index contributed by atoms with van der Waals surface area (Å²) in [6, 6.07) is 7.77. The summed E-state index contributed by atoms with van der Waals surface area (Å²) in [6.45, 7) is 3.44. The van der Waals surface area contributed by atoms with Gasteiger partial charge in [0.25, 0.3) is 0 Å². The van der Waals surface area contributed by atoms with Gasteiger partial charge in [-0.05, 0) is 24.6 Å². The number of aromatic nitrogens is 1. The Kier molecular flexibility index (Phi) is 10.8. The van der Waals surface area contributed by atoms with Gasteiger partial charge in [-0.3, -0.25) is 4.79 Å². The van der Waals surface area contributed by atoms with Crippen molar-refractivity contribution in [2.24, 2.45) is 4.99 Å². The number of thiazole rings is 1. The predicted molar refractivity (Wildman–Crippen MR) is 125 cm³/mol. The molecule has 0 aliphatic carbocycles. The Labute approximate surface area is 187 Å². The Hall–Kier alpha value is -1.88. The molecule has 0 saturated heterocycles. The zero-order chi connectivity index (χ0) is 19.6. The lowest BCUT2D eigenvalue weighted by molar-refractivity contribution is -0.127. The lowest BCUT2D eigenvalue weighted by Gasteiger charge is -2.14. The van der Waals surface area contributed by atoms with E-state index in [1.807, 2.05) is 37.4 Å². The van der Waals surface area contributed by atoms with Crippen LogP contribution in [0.25, 0.3) is 0 Å². The van der Waals surface area contributed by atoms with Crippen molar-refractivity contribution in [3.8, 4) is 5.75 Å². The van der Waals surface area contributed by atoms with Crippen LogP contribution in [0.3, 0.4) is 0 Å². The number of aliphatic imine (C=N–C) groups is 1. The molecule has 0 fully saturated rings. The van der Waals surface area contributed by atoms with Gasteiger partial charge in [0.05, 0.1) is 25.2 Å². The smallest absolute Gasteiger partial charge is 0.241 e. The third-order valence-corrected chi connectivity index (χ3v) is 4.76. The molecule has 2 N–H and O–H groups in total. The number of nitrogens with zero attached hydrogens (tertiary/aromatic N) is 3. The van der Waals surface area contributed by atoms with Crippen molar-refractivity contribution < 1.29 is 9.53 Å². The average molecular weight is 517 g/mol. The number of nitrogens with one attached hydrogen (secondary N) is 2. The van der Waals surface area contributed by atoms with Gasteiger partial charge in [-0.2, -0.15) is 0 Å². The van der Waals surface area contributed by atoms with Crippen molar-refractivity contribution in [2.45, 2.75) is 19.9 Å². The fourth-order valence-corrected chi connectivity index (χ4v) is 2.98. The van der Waals surface area contributed by atoms with Gasteiger partial charge in [-0.1, -0.05) is 12.1 Å². The highest BCUT2D eigenvalue weighted by atomic mass is 127. The summed E-state index contributed by atoms with van der Waals surface area (Å²) in [5.41, 5.74) is 1.06. The lowest BCUT2D eigenvalue weighted by atomic mass is 10.2. The number of likely N-dealkylation sites (N-methyl/N-ethyl adjacent to an activating group) is 1. The largest absolute Gasteiger partial charge is 0.497 e. The highest BCUT2D eigenvalue weighted by Crippen LogP contribution is 2.12. The molecule has 7 nitrogen and oxygen atoms in total. The zero-order valence-electron chi connectivity index (χ0n) is 16.7. The number of carbonyl (C=O) groups excluding carboxylic acids is 1. The van der Waals surface area contributed by atoms with Crippen LogP contribution in [0.1, 0.15) is 15.4 Å². The number of halogens is 1. The molecule has 28 heavy (non-hydrogen) atoms. The Morgan fingerprint density at radius 1 is 1.25 bits per heavy atom. The summed E-state index contributed by atoms with van der Waals surface area (Å²) in [4.78, 5) is 23.5. The number of methoxy groups -OCH3 is 1. The third kappa shape index (κ3) is 8.42. The van der Waals surface area contributed by atoms with Crippen LogP contribution in [-0.2, 0) is 17.8 Å². The van der Waals surface area contributed by atoms with E-state index in [0.29, 0.717) is 19.0 Å². The minimum atomic E-state index is -0.00973. The molecule has 0 bridgehead atoms. The molecule has 2 aromatic rings. The summed E-state index contributed by atoms with van der Waals surface area (Å²) in [7, 11) is 5.11. The van der Waals surface area contributed by atoms with Gasteiger partial charge < -0.3 is 20.3 Å². The van der Waals surface area contributed by atoms with E-state index in [9.17, 15) is 4.79 Å². The van der Waals surface area contributed by atoms with Gasteiger partial charge in [0.15, 0.2) is 5.96 Å². The maximum Gasteiger partial charge on any atom is 0.241 e. The summed E-state index contributed by atoms with van der Waals surface area (Å²) >= 11 is 1.69. The third-order valence-electron chi connectivity index (χ3n) is 3.79. The topological polar surface area (TPSA) is 78.8 Å². The molecule has 0 unspecified atom stereocenters. The van der Waals surface area contributed by atoms with Crippen molar-refractivity contribution >= 4 is 47.2 Å². The molecule has 154 valence electrons. The Morgan fingerprint density at radius 3 is 2.54 bits per heavy atom. The molecule has 0 saturated carbocycles. The monoisotopic (exact) mass is 517 g/mol. The number of guanidine groups is 1. The second kappa shape index (κ2) is 12.6. The van der Waals surface area contributed by atoms with Crippen LogP contribution < -0.4 is 15.4 Å². The number of ether oxygens (including phenoxy) is 1. The zero-order valence-corrected chi connectivity index (χ0v) is 19.8. The van der Waals surface area contributed by atoms with E-state index in [1.165, 1.54) is 4.88 Å². The first-order chi connectivity index (χ1) is 13.0. The van der Waals surface area contributed by atoms with Gasteiger partial charge >= 0.3 is 0 Å². The molecule has 0 aliphatic rings. The first-order valence-electron chi connectivity index (χ1n) is 8.74. The minimum Gasteiger partial charge on any atom is -0.497 e. The van der Waals surface area contributed by atoms with Gasteiger partial charge in [0.2, 0.25) is 5.91 Å². The molecule has 0 spiro atoms. The normalized spacial score (nSPS) is 10.8. The number of hydrogen-bond acceptors (Lipinski definition) is 5. The number of hydrogen-bond donors (Lipinski definition) is 2. The fraction of sp³-hybridized carbons (Fsp3) is 0.421. The molecule has 1 aromatic heterocycles. The van der Waals surface area contributed by atoms with Gasteiger partial charge in [0.1, 0.15) is 5.75 Å². The lowest BCUT2D eigenvalue weighted by Crippen LogP contribution is -2.43. The van der Waals surface area contributed by atoms with E-state index in [4.69, 9.17) is 4.74 Å². The highest BCUT2D eigenvalue weighted by molar-refractivity contribution is 14.0. The number of aryl methyl sites for hydroxylation is 1. The van der Waals surface area contributed by atoms with E-state index in [0.717, 1.165) is 22.7 Å². The van der Waals surface area contributed by atoms with Crippen LogP contribution in [0.2, 0.25) is 0 Å². The van der Waals surface area contributed by atoms with E-state index < -0.39 is 0 Å². The second-order valence-corrected chi connectivity index (χ2v) is 7.52. The van der Waals surface area contributed by atoms with Crippen LogP contribution in [0.5, 0.6) is 5.75 Å². The van der Waals surface area contributed by atoms with Gasteiger partial charge in [0, 0.05) is 38.1 Å². The molecular weight excluding hydrogens is 489 g/mol. The van der Waals surface area contributed by atoms with Crippen molar-refractivity contribution in [1.82, 2.24) is 20.5 Å². The molecular formula is C19H28IN5O2S.